The smallest absolute Gasteiger partial charge is 0.258 e. The highest BCUT2D eigenvalue weighted by Crippen LogP contribution is 2.24. The van der Waals surface area contributed by atoms with Crippen LogP contribution in [0, 0.1) is 5.82 Å². The number of amides is 1. The van der Waals surface area contributed by atoms with Crippen LogP contribution in [-0.2, 0) is 12.3 Å². The fourth-order valence-electron chi connectivity index (χ4n) is 3.35. The van der Waals surface area contributed by atoms with Crippen molar-refractivity contribution < 1.29 is 9.18 Å². The first kappa shape index (κ1) is 22.4. The van der Waals surface area contributed by atoms with Crippen molar-refractivity contribution in [1.82, 2.24) is 30.0 Å². The summed E-state index contributed by atoms with van der Waals surface area (Å²) in [6.45, 7) is 5.94. The lowest BCUT2D eigenvalue weighted by atomic mass is 10.2. The number of nitrogens with one attached hydrogen (secondary N) is 2. The number of benzene rings is 2. The zero-order chi connectivity index (χ0) is 23.4. The first-order valence-electron chi connectivity index (χ1n) is 10.2. The maximum Gasteiger partial charge on any atom is 0.258 e. The summed E-state index contributed by atoms with van der Waals surface area (Å²) in [6, 6.07) is 12.4. The van der Waals surface area contributed by atoms with E-state index in [0.29, 0.717) is 40.0 Å². The normalized spacial score (nSPS) is 11.9. The summed E-state index contributed by atoms with van der Waals surface area (Å²) < 4.78 is 15.8. The van der Waals surface area contributed by atoms with E-state index in [1.165, 1.54) is 30.0 Å². The van der Waals surface area contributed by atoms with Gasteiger partial charge in [0.1, 0.15) is 11.6 Å². The van der Waals surface area contributed by atoms with Gasteiger partial charge in [-0.05, 0) is 31.2 Å². The third-order valence-corrected chi connectivity index (χ3v) is 5.89. The van der Waals surface area contributed by atoms with E-state index in [-0.39, 0.29) is 11.1 Å². The lowest BCUT2D eigenvalue weighted by Gasteiger charge is -2.15. The van der Waals surface area contributed by atoms with Gasteiger partial charge in [0, 0.05) is 6.54 Å². The van der Waals surface area contributed by atoms with Gasteiger partial charge >= 0.3 is 0 Å². The van der Waals surface area contributed by atoms with Gasteiger partial charge in [0.15, 0.2) is 11.0 Å². The van der Waals surface area contributed by atoms with E-state index in [9.17, 15) is 14.0 Å². The number of rotatable bonds is 8. The molecule has 1 atom stereocenters. The highest BCUT2D eigenvalue weighted by molar-refractivity contribution is 7.98. The second kappa shape index (κ2) is 9.78. The maximum atomic E-state index is 13.9. The number of halogens is 1. The zero-order valence-corrected chi connectivity index (χ0v) is 18.6. The molecule has 0 aliphatic heterocycles. The molecule has 0 radical (unpaired) electrons. The Labute approximate surface area is 193 Å². The molecule has 2 aromatic carbocycles. The molecule has 168 valence electrons. The van der Waals surface area contributed by atoms with Gasteiger partial charge in [0.05, 0.1) is 28.3 Å². The first-order valence-corrected chi connectivity index (χ1v) is 11.2. The summed E-state index contributed by atoms with van der Waals surface area (Å²) in [7, 11) is 0. The van der Waals surface area contributed by atoms with Crippen molar-refractivity contribution in [3.05, 3.63) is 94.6 Å². The highest BCUT2D eigenvalue weighted by atomic mass is 32.2. The molecule has 0 saturated carbocycles. The standard InChI is InChI=1S/C23H21FN6O2S/c1-3-12-30-20(14(2)25-21(31)15-8-4-6-10-17(15)24)28-29-23(30)33-13-19-26-18-11-7-5-9-16(18)22(32)27-19/h3-11,14H,1,12-13H2,2H3,(H,25,31)(H,26,27,32). The molecule has 0 aliphatic carbocycles. The number of aromatic nitrogens is 5. The Morgan fingerprint density at radius 3 is 2.79 bits per heavy atom. The van der Waals surface area contributed by atoms with E-state index in [1.807, 2.05) is 10.6 Å². The van der Waals surface area contributed by atoms with Crippen LogP contribution >= 0.6 is 11.8 Å². The number of carbonyl (C=O) groups excluding carboxylic acids is 1. The Balaban J connectivity index is 1.53. The molecule has 1 unspecified atom stereocenters. The molecular weight excluding hydrogens is 443 g/mol. The maximum absolute atomic E-state index is 13.9. The molecule has 8 nitrogen and oxygen atoms in total. The number of H-pyrrole nitrogens is 1. The lowest BCUT2D eigenvalue weighted by Crippen LogP contribution is -2.29. The first-order chi connectivity index (χ1) is 16.0. The lowest BCUT2D eigenvalue weighted by molar-refractivity contribution is 0.0933. The van der Waals surface area contributed by atoms with Crippen molar-refractivity contribution in [2.24, 2.45) is 0 Å². The third-order valence-electron chi connectivity index (χ3n) is 4.91. The van der Waals surface area contributed by atoms with Crippen LogP contribution in [-0.4, -0.2) is 30.6 Å². The molecule has 4 rings (SSSR count). The summed E-state index contributed by atoms with van der Waals surface area (Å²) in [4.78, 5) is 32.1. The topological polar surface area (TPSA) is 106 Å². The van der Waals surface area contributed by atoms with Gasteiger partial charge in [-0.25, -0.2) is 9.37 Å². The van der Waals surface area contributed by atoms with Crippen molar-refractivity contribution in [3.8, 4) is 0 Å². The number of fused-ring (bicyclic) bond motifs is 1. The number of hydrogen-bond acceptors (Lipinski definition) is 6. The monoisotopic (exact) mass is 464 g/mol. The van der Waals surface area contributed by atoms with Crippen molar-refractivity contribution >= 4 is 28.6 Å². The Morgan fingerprint density at radius 2 is 2.00 bits per heavy atom. The number of aromatic amines is 1. The Morgan fingerprint density at radius 1 is 1.24 bits per heavy atom. The van der Waals surface area contributed by atoms with Crippen LogP contribution in [0.4, 0.5) is 4.39 Å². The minimum absolute atomic E-state index is 0.0416. The number of allylic oxidation sites excluding steroid dienone is 1. The SMILES string of the molecule is C=CCn1c(SCc2nc3ccccc3c(=O)[nH]2)nnc1C(C)NC(=O)c1ccccc1F. The summed E-state index contributed by atoms with van der Waals surface area (Å²) in [5, 5.41) is 12.3. The molecule has 2 aromatic heterocycles. The van der Waals surface area contributed by atoms with Crippen LogP contribution in [0.1, 0.15) is 35.0 Å². The molecule has 0 fully saturated rings. The van der Waals surface area contributed by atoms with Crippen LogP contribution in [0.25, 0.3) is 10.9 Å². The van der Waals surface area contributed by atoms with E-state index in [4.69, 9.17) is 0 Å². The summed E-state index contributed by atoms with van der Waals surface area (Å²) in [5.41, 5.74) is 0.378. The van der Waals surface area contributed by atoms with Crippen LogP contribution in [0.5, 0.6) is 0 Å². The average molecular weight is 465 g/mol. The highest BCUT2D eigenvalue weighted by Gasteiger charge is 2.21. The molecule has 2 heterocycles. The Bertz CT molecular complexity index is 1380. The second-order valence-electron chi connectivity index (χ2n) is 7.23. The fourth-order valence-corrected chi connectivity index (χ4v) is 4.17. The van der Waals surface area contributed by atoms with Gasteiger partial charge in [-0.3, -0.25) is 9.59 Å². The third kappa shape index (κ3) is 4.85. The number of hydrogen-bond donors (Lipinski definition) is 2. The van der Waals surface area contributed by atoms with E-state index >= 15 is 0 Å². The molecule has 33 heavy (non-hydrogen) atoms. The fraction of sp³-hybridized carbons (Fsp3) is 0.174. The Kier molecular flexibility index (Phi) is 6.64. The quantitative estimate of drug-likeness (QED) is 0.305. The van der Waals surface area contributed by atoms with Gasteiger partial charge < -0.3 is 14.9 Å². The molecule has 0 bridgehead atoms. The molecular formula is C23H21FN6O2S. The molecule has 1 amide bonds. The number of nitrogens with zero attached hydrogens (tertiary/aromatic N) is 4. The summed E-state index contributed by atoms with van der Waals surface area (Å²) in [5.74, 6) is 0.246. The van der Waals surface area contributed by atoms with Gasteiger partial charge in [-0.15, -0.1) is 16.8 Å². The van der Waals surface area contributed by atoms with Crippen molar-refractivity contribution in [1.29, 1.82) is 0 Å². The molecule has 0 spiro atoms. The van der Waals surface area contributed by atoms with Crippen LogP contribution in [0.2, 0.25) is 0 Å². The number of thioether (sulfide) groups is 1. The van der Waals surface area contributed by atoms with E-state index in [2.05, 4.69) is 32.1 Å². The molecule has 2 N–H and O–H groups in total. The van der Waals surface area contributed by atoms with Crippen molar-refractivity contribution in [2.75, 3.05) is 0 Å². The van der Waals surface area contributed by atoms with Crippen molar-refractivity contribution in [2.45, 2.75) is 30.4 Å². The molecule has 0 aliphatic rings. The van der Waals surface area contributed by atoms with E-state index in [1.54, 1.807) is 37.3 Å². The van der Waals surface area contributed by atoms with Crippen LogP contribution in [0.3, 0.4) is 0 Å². The number of para-hydroxylation sites is 1. The van der Waals surface area contributed by atoms with Crippen LogP contribution in [0.15, 0.2) is 71.1 Å². The van der Waals surface area contributed by atoms with Crippen LogP contribution < -0.4 is 10.9 Å². The number of carbonyl (C=O) groups is 1. The van der Waals surface area contributed by atoms with Gasteiger partial charge in [0.2, 0.25) is 0 Å². The van der Waals surface area contributed by atoms with Gasteiger partial charge in [0.25, 0.3) is 11.5 Å². The van der Waals surface area contributed by atoms with Gasteiger partial charge in [-0.1, -0.05) is 42.1 Å². The Hall–Kier alpha value is -3.79. The second-order valence-corrected chi connectivity index (χ2v) is 8.18. The predicted molar refractivity (Wildman–Crippen MR) is 124 cm³/mol. The summed E-state index contributed by atoms with van der Waals surface area (Å²) >= 11 is 1.35. The van der Waals surface area contributed by atoms with Gasteiger partial charge in [-0.2, -0.15) is 0 Å². The minimum atomic E-state index is -0.595. The summed E-state index contributed by atoms with van der Waals surface area (Å²) in [6.07, 6.45) is 1.69. The van der Waals surface area contributed by atoms with Crippen molar-refractivity contribution in [3.63, 3.8) is 0 Å². The van der Waals surface area contributed by atoms with E-state index < -0.39 is 17.8 Å². The predicted octanol–water partition coefficient (Wildman–Crippen LogP) is 3.62. The largest absolute Gasteiger partial charge is 0.342 e. The zero-order valence-electron chi connectivity index (χ0n) is 17.8. The average Bonchev–Trinajstić information content (AvgIpc) is 3.21. The molecule has 0 saturated heterocycles. The molecule has 4 aromatic rings. The van der Waals surface area contributed by atoms with E-state index in [0.717, 1.165) is 0 Å². The molecule has 10 heteroatoms. The minimum Gasteiger partial charge on any atom is -0.342 e.